The standard InChI is InChI=1S/C24H23N3O3S/c1-14-3-5-16(6-4-14)24(29)30-17-9-7-15(8-10-17)21-25-22(28)20-18-11-12-27(2)13-19(18)31-23(20)26-21/h3-10,21,26H,11-13H2,1-2H3,(H,25,28). The molecule has 158 valence electrons. The average molecular weight is 434 g/mol. The van der Waals surface area contributed by atoms with Crippen LogP contribution >= 0.6 is 11.3 Å². The third kappa shape index (κ3) is 3.82. The van der Waals surface area contributed by atoms with Crippen LogP contribution < -0.4 is 15.4 Å². The maximum Gasteiger partial charge on any atom is 0.343 e. The first-order valence-electron chi connectivity index (χ1n) is 10.3. The van der Waals surface area contributed by atoms with E-state index in [4.69, 9.17) is 4.74 Å². The Labute approximate surface area is 184 Å². The third-order valence-corrected chi connectivity index (χ3v) is 6.88. The lowest BCUT2D eigenvalue weighted by Crippen LogP contribution is -2.38. The summed E-state index contributed by atoms with van der Waals surface area (Å²) in [5, 5.41) is 7.46. The topological polar surface area (TPSA) is 70.7 Å². The number of hydrogen-bond donors (Lipinski definition) is 2. The SMILES string of the molecule is Cc1ccc(C(=O)Oc2ccc(C3NC(=O)c4c(sc5c4CCN(C)C5)N3)cc2)cc1. The van der Waals surface area contributed by atoms with Gasteiger partial charge in [0.25, 0.3) is 5.91 Å². The maximum atomic E-state index is 12.8. The lowest BCUT2D eigenvalue weighted by Gasteiger charge is -2.27. The second kappa shape index (κ2) is 7.83. The van der Waals surface area contributed by atoms with Crippen molar-refractivity contribution in [2.24, 2.45) is 0 Å². The quantitative estimate of drug-likeness (QED) is 0.480. The van der Waals surface area contributed by atoms with Crippen molar-refractivity contribution in [2.75, 3.05) is 18.9 Å². The van der Waals surface area contributed by atoms with Gasteiger partial charge in [0.2, 0.25) is 0 Å². The van der Waals surface area contributed by atoms with Crippen LogP contribution in [-0.2, 0) is 13.0 Å². The van der Waals surface area contributed by atoms with Gasteiger partial charge in [-0.05, 0) is 55.8 Å². The van der Waals surface area contributed by atoms with E-state index < -0.39 is 5.97 Å². The highest BCUT2D eigenvalue weighted by atomic mass is 32.1. The first-order valence-corrected chi connectivity index (χ1v) is 11.1. The molecule has 2 aliphatic rings. The summed E-state index contributed by atoms with van der Waals surface area (Å²) in [4.78, 5) is 28.7. The summed E-state index contributed by atoms with van der Waals surface area (Å²) >= 11 is 1.67. The molecular weight excluding hydrogens is 410 g/mol. The van der Waals surface area contributed by atoms with E-state index >= 15 is 0 Å². The Morgan fingerprint density at radius 2 is 1.84 bits per heavy atom. The van der Waals surface area contributed by atoms with Gasteiger partial charge in [0.1, 0.15) is 16.9 Å². The second-order valence-corrected chi connectivity index (χ2v) is 9.18. The number of fused-ring (bicyclic) bond motifs is 3. The Balaban J connectivity index is 1.31. The molecule has 2 N–H and O–H groups in total. The van der Waals surface area contributed by atoms with Crippen LogP contribution in [0.1, 0.15) is 48.4 Å². The molecule has 6 nitrogen and oxygen atoms in total. The minimum atomic E-state index is -0.393. The zero-order valence-electron chi connectivity index (χ0n) is 17.4. The van der Waals surface area contributed by atoms with Crippen molar-refractivity contribution < 1.29 is 14.3 Å². The zero-order valence-corrected chi connectivity index (χ0v) is 18.2. The molecule has 1 atom stereocenters. The van der Waals surface area contributed by atoms with E-state index in [2.05, 4.69) is 22.6 Å². The van der Waals surface area contributed by atoms with Crippen molar-refractivity contribution in [1.82, 2.24) is 10.2 Å². The van der Waals surface area contributed by atoms with Crippen LogP contribution in [0.2, 0.25) is 0 Å². The van der Waals surface area contributed by atoms with Crippen LogP contribution in [0.3, 0.4) is 0 Å². The second-order valence-electron chi connectivity index (χ2n) is 8.07. The van der Waals surface area contributed by atoms with Gasteiger partial charge in [-0.3, -0.25) is 4.79 Å². The number of nitrogens with one attached hydrogen (secondary N) is 2. The number of ether oxygens (including phenoxy) is 1. The van der Waals surface area contributed by atoms with Gasteiger partial charge in [-0.1, -0.05) is 29.8 Å². The van der Waals surface area contributed by atoms with Gasteiger partial charge in [0.15, 0.2) is 0 Å². The largest absolute Gasteiger partial charge is 0.423 e. The molecule has 0 fully saturated rings. The summed E-state index contributed by atoms with van der Waals surface area (Å²) in [5.74, 6) is 0.0399. The molecule has 0 saturated heterocycles. The third-order valence-electron chi connectivity index (χ3n) is 5.74. The van der Waals surface area contributed by atoms with E-state index in [1.165, 1.54) is 10.4 Å². The number of likely N-dealkylation sites (N-methyl/N-ethyl adjacent to an activating group) is 1. The fraction of sp³-hybridized carbons (Fsp3) is 0.250. The lowest BCUT2D eigenvalue weighted by molar-refractivity contribution is 0.0734. The number of amides is 1. The van der Waals surface area contributed by atoms with Crippen LogP contribution in [0.4, 0.5) is 5.00 Å². The van der Waals surface area contributed by atoms with Crippen molar-refractivity contribution in [3.8, 4) is 5.75 Å². The van der Waals surface area contributed by atoms with Gasteiger partial charge >= 0.3 is 5.97 Å². The summed E-state index contributed by atoms with van der Waals surface area (Å²) in [6, 6.07) is 14.5. The molecule has 2 aromatic carbocycles. The Bertz CT molecular complexity index is 1150. The molecule has 1 aromatic heterocycles. The molecule has 3 aromatic rings. The number of rotatable bonds is 3. The highest BCUT2D eigenvalue weighted by molar-refractivity contribution is 7.16. The van der Waals surface area contributed by atoms with E-state index in [0.29, 0.717) is 11.3 Å². The molecule has 5 rings (SSSR count). The molecule has 7 heteroatoms. The van der Waals surface area contributed by atoms with Gasteiger partial charge < -0.3 is 20.3 Å². The molecule has 0 radical (unpaired) electrons. The highest BCUT2D eigenvalue weighted by Gasteiger charge is 2.32. The number of thiophene rings is 1. The van der Waals surface area contributed by atoms with Crippen molar-refractivity contribution in [1.29, 1.82) is 0 Å². The van der Waals surface area contributed by atoms with Crippen molar-refractivity contribution in [3.63, 3.8) is 0 Å². The Hall–Kier alpha value is -3.16. The average Bonchev–Trinajstić information content (AvgIpc) is 3.12. The van der Waals surface area contributed by atoms with Gasteiger partial charge in [-0.25, -0.2) is 4.79 Å². The van der Waals surface area contributed by atoms with Gasteiger partial charge in [-0.2, -0.15) is 0 Å². The fourth-order valence-electron chi connectivity index (χ4n) is 3.99. The molecular formula is C24H23N3O3S. The molecule has 0 saturated carbocycles. The zero-order chi connectivity index (χ0) is 21.5. The minimum absolute atomic E-state index is 0.0318. The fourth-order valence-corrected chi connectivity index (χ4v) is 5.35. The molecule has 2 aliphatic heterocycles. The molecule has 0 aliphatic carbocycles. The van der Waals surface area contributed by atoms with Crippen molar-refractivity contribution in [2.45, 2.75) is 26.1 Å². The van der Waals surface area contributed by atoms with Gasteiger partial charge in [0.05, 0.1) is 11.1 Å². The van der Waals surface area contributed by atoms with E-state index in [1.807, 2.05) is 31.2 Å². The van der Waals surface area contributed by atoms with E-state index in [1.54, 1.807) is 35.6 Å². The number of carbonyl (C=O) groups excluding carboxylic acids is 2. The van der Waals surface area contributed by atoms with E-state index in [-0.39, 0.29) is 12.1 Å². The smallest absolute Gasteiger partial charge is 0.343 e. The number of nitrogens with zero attached hydrogens (tertiary/aromatic N) is 1. The maximum absolute atomic E-state index is 12.8. The first-order chi connectivity index (χ1) is 15.0. The van der Waals surface area contributed by atoms with Crippen LogP contribution in [-0.4, -0.2) is 30.4 Å². The summed E-state index contributed by atoms with van der Waals surface area (Å²) in [6.07, 6.45) is 0.582. The monoisotopic (exact) mass is 433 g/mol. The van der Waals surface area contributed by atoms with Crippen LogP contribution in [0.5, 0.6) is 5.75 Å². The highest BCUT2D eigenvalue weighted by Crippen LogP contribution is 2.40. The Morgan fingerprint density at radius 1 is 1.10 bits per heavy atom. The molecule has 0 bridgehead atoms. The number of esters is 1. The van der Waals surface area contributed by atoms with Crippen molar-refractivity contribution in [3.05, 3.63) is 81.2 Å². The number of carbonyl (C=O) groups is 2. The number of anilines is 1. The molecule has 1 amide bonds. The van der Waals surface area contributed by atoms with Crippen LogP contribution in [0.15, 0.2) is 48.5 Å². The van der Waals surface area contributed by atoms with Gasteiger partial charge in [-0.15, -0.1) is 11.3 Å². The van der Waals surface area contributed by atoms with Crippen LogP contribution in [0.25, 0.3) is 0 Å². The minimum Gasteiger partial charge on any atom is -0.423 e. The van der Waals surface area contributed by atoms with E-state index in [9.17, 15) is 9.59 Å². The number of benzene rings is 2. The van der Waals surface area contributed by atoms with E-state index in [0.717, 1.165) is 41.2 Å². The summed E-state index contributed by atoms with van der Waals surface area (Å²) in [5.41, 5.74) is 4.48. The summed E-state index contributed by atoms with van der Waals surface area (Å²) < 4.78 is 5.48. The molecule has 3 heterocycles. The van der Waals surface area contributed by atoms with Crippen molar-refractivity contribution >= 4 is 28.2 Å². The predicted octanol–water partition coefficient (Wildman–Crippen LogP) is 4.12. The Morgan fingerprint density at radius 3 is 2.58 bits per heavy atom. The lowest BCUT2D eigenvalue weighted by atomic mass is 10.0. The number of hydrogen-bond acceptors (Lipinski definition) is 6. The van der Waals surface area contributed by atoms with Crippen LogP contribution in [0, 0.1) is 6.92 Å². The normalized spacial score (nSPS) is 17.9. The van der Waals surface area contributed by atoms with Gasteiger partial charge in [0, 0.05) is 18.0 Å². The molecule has 0 spiro atoms. The summed E-state index contributed by atoms with van der Waals surface area (Å²) in [6.45, 7) is 3.82. The first kappa shape index (κ1) is 19.8. The Kier molecular flexibility index (Phi) is 5.00. The molecule has 31 heavy (non-hydrogen) atoms. The summed E-state index contributed by atoms with van der Waals surface area (Å²) in [7, 11) is 2.10. The number of aryl methyl sites for hydroxylation is 1. The molecule has 1 unspecified atom stereocenters. The predicted molar refractivity (Wildman–Crippen MR) is 121 cm³/mol.